The lowest BCUT2D eigenvalue weighted by Gasteiger charge is -2.31. The van der Waals surface area contributed by atoms with Crippen LogP contribution in [-0.4, -0.2) is 130 Å². The molecule has 0 radical (unpaired) electrons. The molecular weight excluding hydrogens is 892 g/mol. The molecule has 0 fully saturated rings. The zero-order chi connectivity index (χ0) is 50.1. The number of quaternary nitrogens is 2. The fourth-order valence-electron chi connectivity index (χ4n) is 8.96. The van der Waals surface area contributed by atoms with E-state index in [2.05, 4.69) is 42.0 Å². The van der Waals surface area contributed by atoms with Crippen LogP contribution in [0, 0.1) is 0 Å². The minimum atomic E-state index is -2.40. The summed E-state index contributed by atoms with van der Waals surface area (Å²) in [5, 5.41) is 9.53. The molecule has 0 bridgehead atoms. The SMILES string of the molecule is CC(C)[O-].CCCCCCCCCCCCCCCCCC[N+](C)(C)CCC[Si](OC)(OC)OC.CCCCCCCCCCCCCCCCCC[N+](C)(C)CCC[Si](OC)(OC)OC.[Cl-]. The molecule has 12 heteroatoms. The van der Waals surface area contributed by atoms with E-state index < -0.39 is 23.7 Å². The summed E-state index contributed by atoms with van der Waals surface area (Å²) in [7, 11) is 14.8. The van der Waals surface area contributed by atoms with Crippen LogP contribution in [0.2, 0.25) is 12.1 Å². The molecule has 0 rings (SSSR count). The van der Waals surface area contributed by atoms with Crippen molar-refractivity contribution in [3.8, 4) is 0 Å². The van der Waals surface area contributed by atoms with Crippen LogP contribution in [0.3, 0.4) is 0 Å². The van der Waals surface area contributed by atoms with E-state index in [1.807, 2.05) is 0 Å². The molecule has 9 nitrogen and oxygen atoms in total. The largest absolute Gasteiger partial charge is 1.00 e. The van der Waals surface area contributed by atoms with Crippen molar-refractivity contribution in [1.29, 1.82) is 0 Å². The van der Waals surface area contributed by atoms with Gasteiger partial charge in [-0.05, 0) is 25.7 Å². The monoisotopic (exact) mass is 1010 g/mol. The van der Waals surface area contributed by atoms with Gasteiger partial charge in [-0.3, -0.25) is 0 Å². The molecule has 0 aromatic carbocycles. The molecule has 67 heavy (non-hydrogen) atoms. The van der Waals surface area contributed by atoms with Gasteiger partial charge in [-0.1, -0.05) is 207 Å². The smallest absolute Gasteiger partial charge is 0.500 e. The second kappa shape index (κ2) is 52.7. The molecule has 0 aliphatic rings. The van der Waals surface area contributed by atoms with E-state index in [0.29, 0.717) is 0 Å². The Bertz CT molecular complexity index is 857. The zero-order valence-corrected chi connectivity index (χ0v) is 50.7. The summed E-state index contributed by atoms with van der Waals surface area (Å²) in [6, 6.07) is 1.80. The van der Waals surface area contributed by atoms with E-state index in [1.54, 1.807) is 56.5 Å². The van der Waals surface area contributed by atoms with Crippen LogP contribution >= 0.6 is 0 Å². The van der Waals surface area contributed by atoms with Gasteiger partial charge in [0.2, 0.25) is 0 Å². The predicted octanol–water partition coefficient (Wildman–Crippen LogP) is 11.9. The summed E-state index contributed by atoms with van der Waals surface area (Å²) in [5.41, 5.74) is 0. The van der Waals surface area contributed by atoms with Gasteiger partial charge < -0.3 is 53.0 Å². The summed E-state index contributed by atoms with van der Waals surface area (Å²) in [4.78, 5) is 0. The number of rotatable bonds is 48. The highest BCUT2D eigenvalue weighted by Crippen LogP contribution is 2.20. The normalized spacial score (nSPS) is 12.2. The van der Waals surface area contributed by atoms with Gasteiger partial charge in [0.1, 0.15) is 0 Å². The quantitative estimate of drug-likeness (QED) is 0.0341. The molecule has 0 aliphatic carbocycles. The average Bonchev–Trinajstić information content (AvgIpc) is 3.29. The van der Waals surface area contributed by atoms with Crippen LogP contribution in [0.1, 0.15) is 246 Å². The Morgan fingerprint density at radius 2 is 0.463 bits per heavy atom. The fraction of sp³-hybridized carbons (Fsp3) is 1.00. The molecule has 0 saturated heterocycles. The predicted molar refractivity (Wildman–Crippen MR) is 290 cm³/mol. The third kappa shape index (κ3) is 52.5. The van der Waals surface area contributed by atoms with Gasteiger partial charge in [-0.25, -0.2) is 0 Å². The molecule has 0 heterocycles. The van der Waals surface area contributed by atoms with Crippen LogP contribution in [-0.2, 0) is 26.6 Å². The molecule has 0 amide bonds. The highest BCUT2D eigenvalue weighted by atomic mass is 35.5. The number of unbranched alkanes of at least 4 members (excludes halogenated alkanes) is 30. The van der Waals surface area contributed by atoms with Gasteiger partial charge in [0.15, 0.2) is 0 Å². The van der Waals surface area contributed by atoms with Crippen molar-refractivity contribution in [3.05, 3.63) is 0 Å². The Morgan fingerprint density at radius 3 is 0.627 bits per heavy atom. The van der Waals surface area contributed by atoms with Gasteiger partial charge in [-0.2, -0.15) is 0 Å². The number of hydrogen-bond acceptors (Lipinski definition) is 7. The van der Waals surface area contributed by atoms with Crippen LogP contribution in [0.15, 0.2) is 0 Å². The number of nitrogens with zero attached hydrogens (tertiary/aromatic N) is 2. The van der Waals surface area contributed by atoms with E-state index in [4.69, 9.17) is 26.6 Å². The lowest BCUT2D eigenvalue weighted by atomic mass is 10.0. The molecule has 0 unspecified atom stereocenters. The Labute approximate surface area is 430 Å². The van der Waals surface area contributed by atoms with E-state index >= 15 is 0 Å². The summed E-state index contributed by atoms with van der Waals surface area (Å²) in [5.74, 6) is 0. The van der Waals surface area contributed by atoms with Crippen molar-refractivity contribution >= 4 is 17.6 Å². The Balaban J connectivity index is -0.000000540. The summed E-state index contributed by atoms with van der Waals surface area (Å²) in [6.45, 7) is 12.7. The van der Waals surface area contributed by atoms with E-state index in [9.17, 15) is 5.11 Å². The van der Waals surface area contributed by atoms with E-state index in [-0.39, 0.29) is 12.4 Å². The Kier molecular flexibility index (Phi) is 58.1. The summed E-state index contributed by atoms with van der Waals surface area (Å²) >= 11 is 0. The maximum absolute atomic E-state index is 9.53. The van der Waals surface area contributed by atoms with Gasteiger partial charge in [0, 0.05) is 67.6 Å². The van der Waals surface area contributed by atoms with Crippen molar-refractivity contribution in [2.75, 3.05) is 97.0 Å². The Hall–Kier alpha value is 0.364. The highest BCUT2D eigenvalue weighted by molar-refractivity contribution is 6.60. The van der Waals surface area contributed by atoms with Crippen molar-refractivity contribution in [3.63, 3.8) is 0 Å². The van der Waals surface area contributed by atoms with Crippen molar-refractivity contribution in [2.24, 2.45) is 0 Å². The minimum absolute atomic E-state index is 0. The minimum Gasteiger partial charge on any atom is -1.00 e. The average molecular weight is 1020 g/mol. The maximum Gasteiger partial charge on any atom is 0.500 e. The lowest BCUT2D eigenvalue weighted by molar-refractivity contribution is -0.890. The first-order valence-corrected chi connectivity index (χ1v) is 32.1. The fourth-order valence-corrected chi connectivity index (χ4v) is 12.4. The van der Waals surface area contributed by atoms with Gasteiger partial charge in [-0.15, -0.1) is 6.10 Å². The van der Waals surface area contributed by atoms with Crippen LogP contribution in [0.5, 0.6) is 0 Å². The second-order valence-corrected chi connectivity index (χ2v) is 27.4. The third-order valence-corrected chi connectivity index (χ3v) is 19.3. The second-order valence-electron chi connectivity index (χ2n) is 21.2. The number of hydrogen-bond donors (Lipinski definition) is 0. The topological polar surface area (TPSA) is 78.4 Å². The standard InChI is InChI=1S/2C26H58NO3Si.C3H7O.ClH/c2*1-7-8-9-10-11-12-13-14-15-16-17-18-19-20-21-22-24-27(2,3)25-23-26-31(28-4,29-5)30-6;1-3(2)4;/h2*7-26H2,1-6H3;3H,1-2H3;1H/q2*+1;-1;/p-1. The molecule has 0 aliphatic heterocycles. The van der Waals surface area contributed by atoms with Crippen molar-refractivity contribution in [1.82, 2.24) is 0 Å². The third-order valence-electron chi connectivity index (χ3n) is 13.6. The van der Waals surface area contributed by atoms with Crippen LogP contribution in [0.4, 0.5) is 0 Å². The van der Waals surface area contributed by atoms with Crippen molar-refractivity contribution < 1.29 is 53.0 Å². The molecule has 0 spiro atoms. The van der Waals surface area contributed by atoms with E-state index in [0.717, 1.165) is 47.0 Å². The first-order valence-electron chi connectivity index (χ1n) is 28.2. The van der Waals surface area contributed by atoms with Gasteiger partial charge >= 0.3 is 17.6 Å². The summed E-state index contributed by atoms with van der Waals surface area (Å²) in [6.07, 6.45) is 47.6. The maximum atomic E-state index is 9.53. The van der Waals surface area contributed by atoms with Gasteiger partial charge in [0.25, 0.3) is 0 Å². The van der Waals surface area contributed by atoms with Crippen LogP contribution < -0.4 is 17.5 Å². The molecule has 410 valence electrons. The molecule has 0 N–H and O–H groups in total. The molecular formula is C55H123ClN2O7Si2. The first kappa shape index (κ1) is 73.9. The lowest BCUT2D eigenvalue weighted by Crippen LogP contribution is -3.00. The molecule has 0 aromatic heterocycles. The zero-order valence-electron chi connectivity index (χ0n) is 48.0. The first-order chi connectivity index (χ1) is 31.6. The summed E-state index contributed by atoms with van der Waals surface area (Å²) < 4.78 is 35.4. The molecule has 0 aromatic rings. The van der Waals surface area contributed by atoms with Gasteiger partial charge in [0.05, 0.1) is 54.4 Å². The highest BCUT2D eigenvalue weighted by Gasteiger charge is 2.38. The number of halogens is 1. The van der Waals surface area contributed by atoms with Crippen LogP contribution in [0.25, 0.3) is 0 Å². The van der Waals surface area contributed by atoms with Crippen molar-refractivity contribution in [2.45, 2.75) is 264 Å². The van der Waals surface area contributed by atoms with E-state index in [1.165, 1.54) is 219 Å². The Morgan fingerprint density at radius 1 is 0.313 bits per heavy atom. The molecule has 0 atom stereocenters. The molecule has 0 saturated carbocycles.